The van der Waals surface area contributed by atoms with Crippen molar-refractivity contribution < 1.29 is 4.79 Å². The molecule has 0 saturated carbocycles. The molecule has 20 heavy (non-hydrogen) atoms. The van der Waals surface area contributed by atoms with Gasteiger partial charge in [-0.25, -0.2) is 0 Å². The van der Waals surface area contributed by atoms with Crippen molar-refractivity contribution in [2.75, 3.05) is 4.90 Å². The van der Waals surface area contributed by atoms with Crippen LogP contribution in [0.25, 0.3) is 0 Å². The van der Waals surface area contributed by atoms with E-state index in [1.165, 1.54) is 0 Å². The SMILES string of the molecule is CC1=CC(Cl)=C(N2C(=O)Cc3cc(C)ccc32)C(Cl)C1. The number of carbonyl (C=O) groups is 1. The predicted octanol–water partition coefficient (Wildman–Crippen LogP) is 4.29. The minimum atomic E-state index is -0.260. The summed E-state index contributed by atoms with van der Waals surface area (Å²) in [5, 5.41) is 0.305. The molecule has 0 N–H and O–H groups in total. The lowest BCUT2D eigenvalue weighted by atomic mass is 10.0. The molecule has 1 heterocycles. The average Bonchev–Trinajstić information content (AvgIpc) is 2.64. The number of hydrogen-bond donors (Lipinski definition) is 0. The molecule has 1 unspecified atom stereocenters. The maximum atomic E-state index is 12.4. The zero-order valence-corrected chi connectivity index (χ0v) is 12.9. The van der Waals surface area contributed by atoms with Crippen LogP contribution in [-0.2, 0) is 11.2 Å². The van der Waals surface area contributed by atoms with Crippen molar-refractivity contribution in [3.63, 3.8) is 0 Å². The standard InChI is InChI=1S/C16H15Cl2NO/c1-9-3-4-14-11(5-9)8-15(20)19(14)16-12(17)6-10(2)7-13(16)18/h3-6,13H,7-8H2,1-2H3. The zero-order valence-electron chi connectivity index (χ0n) is 11.4. The summed E-state index contributed by atoms with van der Waals surface area (Å²) in [6.45, 7) is 4.02. The van der Waals surface area contributed by atoms with Gasteiger partial charge in [-0.3, -0.25) is 9.69 Å². The number of hydrogen-bond acceptors (Lipinski definition) is 1. The highest BCUT2D eigenvalue weighted by Crippen LogP contribution is 2.40. The lowest BCUT2D eigenvalue weighted by Gasteiger charge is -2.28. The normalized spacial score (nSPS) is 22.2. The lowest BCUT2D eigenvalue weighted by molar-refractivity contribution is -0.117. The number of rotatable bonds is 1. The first-order valence-electron chi connectivity index (χ1n) is 6.61. The van der Waals surface area contributed by atoms with Crippen LogP contribution in [0.4, 0.5) is 5.69 Å². The van der Waals surface area contributed by atoms with E-state index in [1.807, 2.05) is 32.1 Å². The molecule has 1 aromatic carbocycles. The Morgan fingerprint density at radius 1 is 1.30 bits per heavy atom. The van der Waals surface area contributed by atoms with Crippen LogP contribution >= 0.6 is 23.2 Å². The number of aryl methyl sites for hydroxylation is 1. The highest BCUT2D eigenvalue weighted by Gasteiger charge is 2.35. The van der Waals surface area contributed by atoms with Gasteiger partial charge in [-0.05, 0) is 38.0 Å². The Kier molecular flexibility index (Phi) is 3.39. The summed E-state index contributed by atoms with van der Waals surface area (Å²) in [6, 6.07) is 6.03. The Bertz CT molecular complexity index is 660. The van der Waals surface area contributed by atoms with E-state index in [4.69, 9.17) is 23.2 Å². The second kappa shape index (κ2) is 4.94. The molecule has 1 aromatic rings. The van der Waals surface area contributed by atoms with Gasteiger partial charge in [0.1, 0.15) is 0 Å². The quantitative estimate of drug-likeness (QED) is 0.709. The Morgan fingerprint density at radius 2 is 2.05 bits per heavy atom. The van der Waals surface area contributed by atoms with Gasteiger partial charge >= 0.3 is 0 Å². The molecule has 0 spiro atoms. The lowest BCUT2D eigenvalue weighted by Crippen LogP contribution is -2.32. The van der Waals surface area contributed by atoms with Gasteiger partial charge in [0.25, 0.3) is 0 Å². The average molecular weight is 308 g/mol. The Morgan fingerprint density at radius 3 is 2.75 bits per heavy atom. The highest BCUT2D eigenvalue weighted by molar-refractivity contribution is 6.34. The summed E-state index contributed by atoms with van der Waals surface area (Å²) in [7, 11) is 0. The van der Waals surface area contributed by atoms with E-state index >= 15 is 0 Å². The fourth-order valence-electron chi connectivity index (χ4n) is 2.84. The number of carbonyl (C=O) groups excluding carboxylic acids is 1. The number of halogens is 2. The van der Waals surface area contributed by atoms with Crippen LogP contribution in [-0.4, -0.2) is 11.3 Å². The maximum absolute atomic E-state index is 12.4. The van der Waals surface area contributed by atoms with Gasteiger partial charge in [0.05, 0.1) is 28.2 Å². The molecule has 1 atom stereocenters. The van der Waals surface area contributed by atoms with Gasteiger partial charge in [-0.15, -0.1) is 11.6 Å². The number of fused-ring (bicyclic) bond motifs is 1. The first-order valence-corrected chi connectivity index (χ1v) is 7.42. The van der Waals surface area contributed by atoms with Crippen molar-refractivity contribution >= 4 is 34.8 Å². The van der Waals surface area contributed by atoms with E-state index < -0.39 is 0 Å². The zero-order chi connectivity index (χ0) is 14.4. The van der Waals surface area contributed by atoms with Crippen molar-refractivity contribution in [1.29, 1.82) is 0 Å². The van der Waals surface area contributed by atoms with Crippen LogP contribution in [0, 0.1) is 6.92 Å². The number of anilines is 1. The molecule has 0 fully saturated rings. The third kappa shape index (κ3) is 2.17. The molecule has 2 aliphatic rings. The van der Waals surface area contributed by atoms with Gasteiger partial charge < -0.3 is 0 Å². The number of alkyl halides is 1. The minimum Gasteiger partial charge on any atom is -0.281 e. The highest BCUT2D eigenvalue weighted by atomic mass is 35.5. The third-order valence-electron chi connectivity index (χ3n) is 3.72. The van der Waals surface area contributed by atoms with Gasteiger partial charge in [0.15, 0.2) is 0 Å². The van der Waals surface area contributed by atoms with Gasteiger partial charge in [-0.2, -0.15) is 0 Å². The molecule has 3 rings (SSSR count). The third-order valence-corrected chi connectivity index (χ3v) is 4.39. The summed E-state index contributed by atoms with van der Waals surface area (Å²) in [5.41, 5.74) is 4.95. The second-order valence-corrected chi connectivity index (χ2v) is 6.37. The van der Waals surface area contributed by atoms with Crippen LogP contribution in [0.2, 0.25) is 0 Å². The van der Waals surface area contributed by atoms with Crippen LogP contribution in [0.15, 0.2) is 40.6 Å². The molecule has 0 saturated heterocycles. The molecule has 4 heteroatoms. The van der Waals surface area contributed by atoms with Crippen molar-refractivity contribution in [3.05, 3.63) is 51.7 Å². The van der Waals surface area contributed by atoms with Crippen LogP contribution in [0.5, 0.6) is 0 Å². The maximum Gasteiger partial charge on any atom is 0.235 e. The summed E-state index contributed by atoms with van der Waals surface area (Å²) < 4.78 is 0. The fourth-order valence-corrected chi connectivity index (χ4v) is 3.76. The number of nitrogens with zero attached hydrogens (tertiary/aromatic N) is 1. The summed E-state index contributed by atoms with van der Waals surface area (Å²) in [6.07, 6.45) is 3.03. The summed E-state index contributed by atoms with van der Waals surface area (Å²) >= 11 is 12.8. The second-order valence-electron chi connectivity index (χ2n) is 5.43. The van der Waals surface area contributed by atoms with Crippen molar-refractivity contribution in [2.45, 2.75) is 32.1 Å². The smallest absolute Gasteiger partial charge is 0.235 e. The first-order chi connectivity index (χ1) is 9.47. The topological polar surface area (TPSA) is 20.3 Å². The molecule has 104 valence electrons. The molecule has 1 aliphatic heterocycles. The Balaban J connectivity index is 2.12. The predicted molar refractivity (Wildman–Crippen MR) is 83.3 cm³/mol. The van der Waals surface area contributed by atoms with Crippen LogP contribution in [0.1, 0.15) is 24.5 Å². The molecule has 1 aliphatic carbocycles. The summed E-state index contributed by atoms with van der Waals surface area (Å²) in [4.78, 5) is 14.1. The number of amides is 1. The molecule has 2 nitrogen and oxygen atoms in total. The largest absolute Gasteiger partial charge is 0.281 e. The Hall–Kier alpha value is -1.25. The van der Waals surface area contributed by atoms with E-state index in [2.05, 4.69) is 6.07 Å². The van der Waals surface area contributed by atoms with Crippen molar-refractivity contribution in [3.8, 4) is 0 Å². The number of benzene rings is 1. The van der Waals surface area contributed by atoms with E-state index in [0.717, 1.165) is 28.8 Å². The molecule has 1 amide bonds. The van der Waals surface area contributed by atoms with Crippen LogP contribution in [0.3, 0.4) is 0 Å². The molecular weight excluding hydrogens is 293 g/mol. The monoisotopic (exact) mass is 307 g/mol. The van der Waals surface area contributed by atoms with E-state index in [-0.39, 0.29) is 11.3 Å². The van der Waals surface area contributed by atoms with Gasteiger partial charge in [-0.1, -0.05) is 34.9 Å². The molecular formula is C16H15Cl2NO. The summed E-state index contributed by atoms with van der Waals surface area (Å²) in [5.74, 6) is 0.0392. The Labute approximate surface area is 128 Å². The van der Waals surface area contributed by atoms with E-state index in [0.29, 0.717) is 17.2 Å². The van der Waals surface area contributed by atoms with Crippen molar-refractivity contribution in [2.24, 2.45) is 0 Å². The number of allylic oxidation sites excluding steroid dienone is 4. The fraction of sp³-hybridized carbons (Fsp3) is 0.312. The van der Waals surface area contributed by atoms with Crippen molar-refractivity contribution in [1.82, 2.24) is 0 Å². The molecule has 0 bridgehead atoms. The minimum absolute atomic E-state index is 0.0392. The van der Waals surface area contributed by atoms with E-state index in [9.17, 15) is 4.79 Å². The molecule has 0 aromatic heterocycles. The van der Waals surface area contributed by atoms with E-state index in [1.54, 1.807) is 4.90 Å². The van der Waals surface area contributed by atoms with Gasteiger partial charge in [0.2, 0.25) is 5.91 Å². The molecule has 0 radical (unpaired) electrons. The first kappa shape index (κ1) is 13.7. The van der Waals surface area contributed by atoms with Gasteiger partial charge in [0, 0.05) is 0 Å². The van der Waals surface area contributed by atoms with Crippen LogP contribution < -0.4 is 4.90 Å².